The molecule has 0 fully saturated rings. The van der Waals surface area contributed by atoms with Crippen LogP contribution in [0.25, 0.3) is 0 Å². The Morgan fingerprint density at radius 1 is 1.64 bits per heavy atom. The van der Waals surface area contributed by atoms with Gasteiger partial charge < -0.3 is 10.8 Å². The minimum absolute atomic E-state index is 0.0494. The molecule has 0 spiro atoms. The number of likely N-dealkylation sites (N-methyl/N-ethyl adjacent to an activating group) is 1. The molecular formula is C10H18N2OS. The number of aryl methyl sites for hydroxylation is 1. The summed E-state index contributed by atoms with van der Waals surface area (Å²) >= 11 is 1.77. The molecule has 0 aliphatic rings. The predicted molar refractivity (Wildman–Crippen MR) is 60.5 cm³/mol. The van der Waals surface area contributed by atoms with E-state index in [1.807, 2.05) is 7.05 Å². The molecule has 0 radical (unpaired) electrons. The van der Waals surface area contributed by atoms with E-state index >= 15 is 0 Å². The van der Waals surface area contributed by atoms with Crippen molar-refractivity contribution in [3.63, 3.8) is 0 Å². The zero-order valence-corrected chi connectivity index (χ0v) is 9.55. The summed E-state index contributed by atoms with van der Waals surface area (Å²) in [6.07, 6.45) is 0. The van der Waals surface area contributed by atoms with E-state index < -0.39 is 0 Å². The maximum atomic E-state index is 8.82. The highest BCUT2D eigenvalue weighted by molar-refractivity contribution is 7.10. The molecule has 1 atom stereocenters. The van der Waals surface area contributed by atoms with Crippen LogP contribution in [-0.4, -0.2) is 36.2 Å². The number of hydrogen-bond acceptors (Lipinski definition) is 4. The Morgan fingerprint density at radius 3 is 2.86 bits per heavy atom. The molecule has 0 saturated carbocycles. The molecule has 1 aromatic rings. The smallest absolute Gasteiger partial charge is 0.0595 e. The molecule has 0 aliphatic heterocycles. The summed E-state index contributed by atoms with van der Waals surface area (Å²) in [7, 11) is 2.02. The third-order valence-corrected chi connectivity index (χ3v) is 3.17. The van der Waals surface area contributed by atoms with Gasteiger partial charge in [-0.05, 0) is 31.0 Å². The van der Waals surface area contributed by atoms with Gasteiger partial charge in [0.25, 0.3) is 0 Å². The minimum atomic E-state index is -0.139. The summed E-state index contributed by atoms with van der Waals surface area (Å²) in [5.41, 5.74) is 6.99. The fourth-order valence-electron chi connectivity index (χ4n) is 1.33. The van der Waals surface area contributed by atoms with E-state index in [4.69, 9.17) is 10.8 Å². The highest BCUT2D eigenvalue weighted by Crippen LogP contribution is 2.16. The Hall–Kier alpha value is -0.420. The number of nitrogens with two attached hydrogens (primary N) is 1. The van der Waals surface area contributed by atoms with Gasteiger partial charge >= 0.3 is 0 Å². The van der Waals surface area contributed by atoms with E-state index in [0.29, 0.717) is 0 Å². The highest BCUT2D eigenvalue weighted by Gasteiger charge is 2.08. The molecule has 4 heteroatoms. The SMILES string of the molecule is Cc1ccsc1CN(C)CC(N)CO. The fourth-order valence-corrected chi connectivity index (χ4v) is 2.32. The molecule has 14 heavy (non-hydrogen) atoms. The molecular weight excluding hydrogens is 196 g/mol. The third kappa shape index (κ3) is 3.38. The van der Waals surface area contributed by atoms with Gasteiger partial charge in [0, 0.05) is 24.0 Å². The van der Waals surface area contributed by atoms with Crippen LogP contribution in [0.5, 0.6) is 0 Å². The highest BCUT2D eigenvalue weighted by atomic mass is 32.1. The number of hydrogen-bond donors (Lipinski definition) is 2. The molecule has 80 valence electrons. The van der Waals surface area contributed by atoms with Crippen molar-refractivity contribution in [2.45, 2.75) is 19.5 Å². The Labute approximate surface area is 89.2 Å². The standard InChI is InChI=1S/C10H18N2OS/c1-8-3-4-14-10(8)6-12(2)5-9(11)7-13/h3-4,9,13H,5-7,11H2,1-2H3. The largest absolute Gasteiger partial charge is 0.395 e. The lowest BCUT2D eigenvalue weighted by Crippen LogP contribution is -2.37. The van der Waals surface area contributed by atoms with Gasteiger partial charge in [-0.1, -0.05) is 0 Å². The predicted octanol–water partition coefficient (Wildman–Crippen LogP) is 0.808. The van der Waals surface area contributed by atoms with Crippen LogP contribution >= 0.6 is 11.3 Å². The number of thiophene rings is 1. The van der Waals surface area contributed by atoms with Crippen molar-refractivity contribution in [1.29, 1.82) is 0 Å². The van der Waals surface area contributed by atoms with Crippen LogP contribution in [-0.2, 0) is 6.54 Å². The lowest BCUT2D eigenvalue weighted by Gasteiger charge is -2.19. The maximum absolute atomic E-state index is 8.82. The molecule has 0 bridgehead atoms. The zero-order valence-electron chi connectivity index (χ0n) is 8.73. The fraction of sp³-hybridized carbons (Fsp3) is 0.600. The molecule has 3 nitrogen and oxygen atoms in total. The van der Waals surface area contributed by atoms with Crippen molar-refractivity contribution < 1.29 is 5.11 Å². The van der Waals surface area contributed by atoms with Gasteiger partial charge in [-0.15, -0.1) is 11.3 Å². The van der Waals surface area contributed by atoms with E-state index in [0.717, 1.165) is 13.1 Å². The van der Waals surface area contributed by atoms with Crippen molar-refractivity contribution in [3.8, 4) is 0 Å². The Morgan fingerprint density at radius 2 is 2.36 bits per heavy atom. The van der Waals surface area contributed by atoms with Crippen LogP contribution in [0.15, 0.2) is 11.4 Å². The Balaban J connectivity index is 2.41. The summed E-state index contributed by atoms with van der Waals surface area (Å²) in [5.74, 6) is 0. The molecule has 1 aromatic heterocycles. The second kappa shape index (κ2) is 5.46. The quantitative estimate of drug-likeness (QED) is 0.762. The summed E-state index contributed by atoms with van der Waals surface area (Å²) < 4.78 is 0. The van der Waals surface area contributed by atoms with Gasteiger partial charge in [-0.25, -0.2) is 0 Å². The van der Waals surface area contributed by atoms with Gasteiger partial charge in [-0.3, -0.25) is 4.90 Å². The van der Waals surface area contributed by atoms with Crippen LogP contribution in [0.3, 0.4) is 0 Å². The maximum Gasteiger partial charge on any atom is 0.0595 e. The first-order chi connectivity index (χ1) is 6.63. The van der Waals surface area contributed by atoms with Gasteiger partial charge in [0.05, 0.1) is 6.61 Å². The van der Waals surface area contributed by atoms with E-state index in [-0.39, 0.29) is 12.6 Å². The van der Waals surface area contributed by atoms with Gasteiger partial charge in [0.1, 0.15) is 0 Å². The second-order valence-electron chi connectivity index (χ2n) is 3.67. The monoisotopic (exact) mass is 214 g/mol. The Kier molecular flexibility index (Phi) is 4.54. The minimum Gasteiger partial charge on any atom is -0.395 e. The molecule has 1 rings (SSSR count). The lowest BCUT2D eigenvalue weighted by molar-refractivity contribution is 0.219. The molecule has 0 aromatic carbocycles. The first kappa shape index (κ1) is 11.7. The number of nitrogens with zero attached hydrogens (tertiary/aromatic N) is 1. The molecule has 1 heterocycles. The van der Waals surface area contributed by atoms with Crippen LogP contribution in [0, 0.1) is 6.92 Å². The lowest BCUT2D eigenvalue weighted by atomic mass is 10.2. The van der Waals surface area contributed by atoms with E-state index in [1.54, 1.807) is 11.3 Å². The molecule has 1 unspecified atom stereocenters. The van der Waals surface area contributed by atoms with Crippen LogP contribution in [0.2, 0.25) is 0 Å². The third-order valence-electron chi connectivity index (χ3n) is 2.16. The number of aliphatic hydroxyl groups is 1. The van der Waals surface area contributed by atoms with E-state index in [9.17, 15) is 0 Å². The van der Waals surface area contributed by atoms with E-state index in [2.05, 4.69) is 23.3 Å². The summed E-state index contributed by atoms with van der Waals surface area (Å²) in [4.78, 5) is 3.51. The first-order valence-corrected chi connectivity index (χ1v) is 5.59. The summed E-state index contributed by atoms with van der Waals surface area (Å²) in [5, 5.41) is 10.9. The molecule has 0 amide bonds. The number of aliphatic hydroxyl groups excluding tert-OH is 1. The second-order valence-corrected chi connectivity index (χ2v) is 4.67. The zero-order chi connectivity index (χ0) is 10.6. The van der Waals surface area contributed by atoms with Crippen molar-refractivity contribution in [1.82, 2.24) is 4.90 Å². The molecule has 0 saturated heterocycles. The molecule has 0 aliphatic carbocycles. The topological polar surface area (TPSA) is 49.5 Å². The van der Waals surface area contributed by atoms with Crippen molar-refractivity contribution >= 4 is 11.3 Å². The normalized spacial score (nSPS) is 13.5. The van der Waals surface area contributed by atoms with Crippen molar-refractivity contribution in [3.05, 3.63) is 21.9 Å². The molecule has 3 N–H and O–H groups in total. The van der Waals surface area contributed by atoms with Crippen LogP contribution in [0.1, 0.15) is 10.4 Å². The average molecular weight is 214 g/mol. The van der Waals surface area contributed by atoms with Crippen LogP contribution < -0.4 is 5.73 Å². The Bertz CT molecular complexity index is 275. The summed E-state index contributed by atoms with van der Waals surface area (Å²) in [6, 6.07) is 1.99. The van der Waals surface area contributed by atoms with E-state index in [1.165, 1.54) is 10.4 Å². The number of rotatable bonds is 5. The summed E-state index contributed by atoms with van der Waals surface area (Å²) in [6.45, 7) is 3.81. The van der Waals surface area contributed by atoms with Crippen molar-refractivity contribution in [2.24, 2.45) is 5.73 Å². The van der Waals surface area contributed by atoms with Gasteiger partial charge in [0.15, 0.2) is 0 Å². The average Bonchev–Trinajstić information content (AvgIpc) is 2.51. The van der Waals surface area contributed by atoms with Crippen LogP contribution in [0.4, 0.5) is 0 Å². The van der Waals surface area contributed by atoms with Gasteiger partial charge in [-0.2, -0.15) is 0 Å². The van der Waals surface area contributed by atoms with Crippen molar-refractivity contribution in [2.75, 3.05) is 20.2 Å². The first-order valence-electron chi connectivity index (χ1n) is 4.71. The van der Waals surface area contributed by atoms with Gasteiger partial charge in [0.2, 0.25) is 0 Å².